The molecule has 6 rings (SSSR count). The molecule has 0 fully saturated rings. The molecule has 0 unspecified atom stereocenters. The van der Waals surface area contributed by atoms with Crippen LogP contribution < -0.4 is 5.32 Å². The Morgan fingerprint density at radius 1 is 1.00 bits per heavy atom. The number of nitrogens with zero attached hydrogens (tertiary/aromatic N) is 2. The van der Waals surface area contributed by atoms with Crippen molar-refractivity contribution in [3.05, 3.63) is 65.3 Å². The molecule has 30 heavy (non-hydrogen) atoms. The van der Waals surface area contributed by atoms with E-state index in [1.807, 2.05) is 12.4 Å². The lowest BCUT2D eigenvalue weighted by Gasteiger charge is -2.14. The minimum atomic E-state index is 0.936. The maximum Gasteiger partial charge on any atom is 0.116 e. The minimum absolute atomic E-state index is 0.936. The summed E-state index contributed by atoms with van der Waals surface area (Å²) in [6, 6.07) is 13.1. The summed E-state index contributed by atoms with van der Waals surface area (Å²) in [4.78, 5) is 10.5. The van der Waals surface area contributed by atoms with E-state index < -0.39 is 0 Å². The van der Waals surface area contributed by atoms with Gasteiger partial charge in [-0.25, -0.2) is 0 Å². The van der Waals surface area contributed by atoms with Crippen LogP contribution in [0, 0.1) is 6.92 Å². The molecule has 5 nitrogen and oxygen atoms in total. The zero-order chi connectivity index (χ0) is 20.1. The molecule has 6 heteroatoms. The van der Waals surface area contributed by atoms with Crippen LogP contribution in [0.1, 0.15) is 16.9 Å². The number of aromatic nitrogens is 4. The molecule has 0 aliphatic carbocycles. The average Bonchev–Trinajstić information content (AvgIpc) is 3.51. The van der Waals surface area contributed by atoms with Crippen molar-refractivity contribution in [2.45, 2.75) is 13.3 Å². The van der Waals surface area contributed by atoms with Gasteiger partial charge in [-0.15, -0.1) is 11.3 Å². The topological polar surface area (TPSA) is 69.4 Å². The van der Waals surface area contributed by atoms with Gasteiger partial charge in [0.2, 0.25) is 0 Å². The molecule has 5 aromatic rings. The molecular weight excluding hydrogens is 390 g/mol. The van der Waals surface area contributed by atoms with Gasteiger partial charge in [0.05, 0.1) is 22.9 Å². The van der Waals surface area contributed by atoms with Crippen molar-refractivity contribution in [3.8, 4) is 21.8 Å². The third kappa shape index (κ3) is 2.88. The van der Waals surface area contributed by atoms with Gasteiger partial charge in [-0.3, -0.25) is 10.1 Å². The first-order valence-corrected chi connectivity index (χ1v) is 11.0. The Hall–Kier alpha value is -3.22. The molecule has 0 radical (unpaired) electrons. The van der Waals surface area contributed by atoms with E-state index in [4.69, 9.17) is 0 Å². The van der Waals surface area contributed by atoms with Crippen LogP contribution in [0.5, 0.6) is 0 Å². The zero-order valence-corrected chi connectivity index (χ0v) is 17.4. The first-order chi connectivity index (χ1) is 14.8. The maximum atomic E-state index is 4.65. The van der Waals surface area contributed by atoms with Crippen LogP contribution in [-0.2, 0) is 0 Å². The molecule has 0 bridgehead atoms. The molecule has 4 aromatic heterocycles. The summed E-state index contributed by atoms with van der Waals surface area (Å²) < 4.78 is 0. The monoisotopic (exact) mass is 411 g/mol. The van der Waals surface area contributed by atoms with Gasteiger partial charge in [-0.05, 0) is 61.4 Å². The first kappa shape index (κ1) is 17.6. The highest BCUT2D eigenvalue weighted by Gasteiger charge is 2.16. The summed E-state index contributed by atoms with van der Waals surface area (Å²) >= 11 is 1.80. The summed E-state index contributed by atoms with van der Waals surface area (Å²) in [6.07, 6.45) is 7.19. The van der Waals surface area contributed by atoms with Gasteiger partial charge in [-0.2, -0.15) is 5.10 Å². The van der Waals surface area contributed by atoms with Crippen LogP contribution in [0.15, 0.2) is 54.9 Å². The highest BCUT2D eigenvalue weighted by molar-refractivity contribution is 7.15. The number of pyridine rings is 1. The van der Waals surface area contributed by atoms with Crippen LogP contribution in [0.25, 0.3) is 49.2 Å². The molecular formula is C24H21N5S. The predicted octanol–water partition coefficient (Wildman–Crippen LogP) is 5.52. The fourth-order valence-electron chi connectivity index (χ4n) is 4.26. The molecule has 1 aliphatic rings. The van der Waals surface area contributed by atoms with Crippen molar-refractivity contribution < 1.29 is 0 Å². The SMILES string of the molecule is Cc1ccc(-c2cncc3[nH]c(-c4n[nH]c5ccc(C6=CCNCC6)cc45)cc23)s1. The molecule has 0 amide bonds. The number of rotatable bonds is 3. The Labute approximate surface area is 177 Å². The van der Waals surface area contributed by atoms with E-state index in [0.717, 1.165) is 52.9 Å². The van der Waals surface area contributed by atoms with Gasteiger partial charge in [0.15, 0.2) is 0 Å². The number of nitrogens with one attached hydrogen (secondary N) is 3. The van der Waals surface area contributed by atoms with Crippen LogP contribution in [-0.4, -0.2) is 33.3 Å². The summed E-state index contributed by atoms with van der Waals surface area (Å²) in [5, 5.41) is 13.5. The Morgan fingerprint density at radius 3 is 2.80 bits per heavy atom. The third-order valence-corrected chi connectivity index (χ3v) is 6.84. The lowest BCUT2D eigenvalue weighted by Crippen LogP contribution is -2.19. The summed E-state index contributed by atoms with van der Waals surface area (Å²) in [5.74, 6) is 0. The lowest BCUT2D eigenvalue weighted by atomic mass is 9.98. The number of fused-ring (bicyclic) bond motifs is 2. The van der Waals surface area contributed by atoms with Crippen molar-refractivity contribution in [3.63, 3.8) is 0 Å². The largest absolute Gasteiger partial charge is 0.352 e. The summed E-state index contributed by atoms with van der Waals surface area (Å²) in [6.45, 7) is 4.10. The lowest BCUT2D eigenvalue weighted by molar-refractivity contribution is 0.739. The predicted molar refractivity (Wildman–Crippen MR) is 125 cm³/mol. The number of benzene rings is 1. The van der Waals surface area contributed by atoms with Crippen LogP contribution in [0.4, 0.5) is 0 Å². The van der Waals surface area contributed by atoms with E-state index in [9.17, 15) is 0 Å². The maximum absolute atomic E-state index is 4.65. The van der Waals surface area contributed by atoms with E-state index in [1.54, 1.807) is 11.3 Å². The normalized spacial score (nSPS) is 14.5. The van der Waals surface area contributed by atoms with Gasteiger partial charge in [-0.1, -0.05) is 12.1 Å². The minimum Gasteiger partial charge on any atom is -0.352 e. The molecule has 0 spiro atoms. The average molecular weight is 412 g/mol. The van der Waals surface area contributed by atoms with E-state index >= 15 is 0 Å². The number of aryl methyl sites for hydroxylation is 1. The highest BCUT2D eigenvalue weighted by Crippen LogP contribution is 2.36. The van der Waals surface area contributed by atoms with Crippen molar-refractivity contribution in [1.29, 1.82) is 0 Å². The van der Waals surface area contributed by atoms with Crippen molar-refractivity contribution in [2.24, 2.45) is 0 Å². The fraction of sp³-hybridized carbons (Fsp3) is 0.167. The summed E-state index contributed by atoms with van der Waals surface area (Å²) in [7, 11) is 0. The van der Waals surface area contributed by atoms with Crippen molar-refractivity contribution in [1.82, 2.24) is 25.5 Å². The highest BCUT2D eigenvalue weighted by atomic mass is 32.1. The molecule has 0 saturated carbocycles. The van der Waals surface area contributed by atoms with E-state index in [0.29, 0.717) is 0 Å². The quantitative estimate of drug-likeness (QED) is 0.366. The third-order valence-electron chi connectivity index (χ3n) is 5.80. The second-order valence-corrected chi connectivity index (χ2v) is 9.05. The fourth-order valence-corrected chi connectivity index (χ4v) is 5.15. The number of thiophene rings is 1. The number of hydrogen-bond donors (Lipinski definition) is 3. The van der Waals surface area contributed by atoms with E-state index in [1.165, 1.54) is 26.3 Å². The number of H-pyrrole nitrogens is 2. The van der Waals surface area contributed by atoms with Gasteiger partial charge in [0, 0.05) is 38.8 Å². The Balaban J connectivity index is 1.49. The number of aromatic amines is 2. The van der Waals surface area contributed by atoms with Crippen molar-refractivity contribution in [2.75, 3.05) is 13.1 Å². The molecule has 5 heterocycles. The van der Waals surface area contributed by atoms with Crippen LogP contribution in [0.2, 0.25) is 0 Å². The van der Waals surface area contributed by atoms with Crippen molar-refractivity contribution >= 4 is 38.7 Å². The second kappa shape index (κ2) is 6.93. The van der Waals surface area contributed by atoms with Crippen LogP contribution >= 0.6 is 11.3 Å². The Kier molecular flexibility index (Phi) is 4.07. The molecule has 0 atom stereocenters. The van der Waals surface area contributed by atoms with Crippen LogP contribution in [0.3, 0.4) is 0 Å². The van der Waals surface area contributed by atoms with E-state index in [2.05, 4.69) is 74.9 Å². The van der Waals surface area contributed by atoms with Gasteiger partial charge >= 0.3 is 0 Å². The molecule has 1 aliphatic heterocycles. The standard InChI is InChI=1S/C24H21N5S/c1-14-2-5-23(30-14)19-12-26-13-22-17(19)11-21(27-22)24-18-10-16(3-4-20(18)28-29-24)15-6-8-25-9-7-15/h2-6,10-13,25,27H,7-9H2,1H3,(H,28,29). The Bertz CT molecular complexity index is 1420. The van der Waals surface area contributed by atoms with E-state index in [-0.39, 0.29) is 0 Å². The second-order valence-electron chi connectivity index (χ2n) is 7.76. The molecule has 1 aromatic carbocycles. The zero-order valence-electron chi connectivity index (χ0n) is 16.6. The molecule has 3 N–H and O–H groups in total. The van der Waals surface area contributed by atoms with Gasteiger partial charge in [0.1, 0.15) is 5.69 Å². The smallest absolute Gasteiger partial charge is 0.116 e. The summed E-state index contributed by atoms with van der Waals surface area (Å²) in [5.41, 5.74) is 7.88. The number of hydrogen-bond acceptors (Lipinski definition) is 4. The molecule has 148 valence electrons. The van der Waals surface area contributed by atoms with Gasteiger partial charge < -0.3 is 10.3 Å². The Morgan fingerprint density at radius 2 is 1.97 bits per heavy atom. The van der Waals surface area contributed by atoms with Gasteiger partial charge in [0.25, 0.3) is 0 Å². The first-order valence-electron chi connectivity index (χ1n) is 10.2. The molecule has 0 saturated heterocycles.